The van der Waals surface area contributed by atoms with Crippen LogP contribution in [0.5, 0.6) is 5.75 Å². The van der Waals surface area contributed by atoms with E-state index in [2.05, 4.69) is 4.98 Å². The number of rotatable bonds is 6. The minimum absolute atomic E-state index is 0.0117. The van der Waals surface area contributed by atoms with Gasteiger partial charge in [-0.25, -0.2) is 9.37 Å². The molecule has 0 bridgehead atoms. The molecule has 0 aliphatic heterocycles. The Morgan fingerprint density at radius 1 is 1.39 bits per heavy atom. The highest BCUT2D eigenvalue weighted by molar-refractivity contribution is 7.87. The first-order chi connectivity index (χ1) is 10.8. The van der Waals surface area contributed by atoms with Crippen molar-refractivity contribution in [2.45, 2.75) is 38.3 Å². The van der Waals surface area contributed by atoms with E-state index in [1.807, 2.05) is 0 Å². The van der Waals surface area contributed by atoms with E-state index in [-0.39, 0.29) is 34.8 Å². The number of aromatic nitrogens is 2. The number of halogens is 1. The van der Waals surface area contributed by atoms with Crippen molar-refractivity contribution >= 4 is 16.4 Å². The number of benzene rings is 1. The van der Waals surface area contributed by atoms with Crippen LogP contribution < -0.4 is 4.18 Å². The topological polar surface area (TPSA) is 78.3 Å². The second-order valence-corrected chi connectivity index (χ2v) is 6.63. The van der Waals surface area contributed by atoms with Crippen LogP contribution in [0.25, 0.3) is 0 Å². The molecule has 0 amide bonds. The van der Waals surface area contributed by atoms with Gasteiger partial charge in [-0.05, 0) is 25.0 Å². The minimum atomic E-state index is -4.26. The summed E-state index contributed by atoms with van der Waals surface area (Å²) in [6.45, 7) is 5.45. The van der Waals surface area contributed by atoms with E-state index < -0.39 is 15.9 Å². The monoisotopic (exact) mass is 340 g/mol. The Labute approximate surface area is 134 Å². The van der Waals surface area contributed by atoms with Gasteiger partial charge in [0.1, 0.15) is 11.6 Å². The molecule has 0 aliphatic rings. The van der Waals surface area contributed by atoms with Crippen molar-refractivity contribution in [2.24, 2.45) is 0 Å². The fourth-order valence-electron chi connectivity index (χ4n) is 2.19. The molecule has 23 heavy (non-hydrogen) atoms. The number of carbonyl (C=O) groups is 1. The van der Waals surface area contributed by atoms with Gasteiger partial charge in [0.15, 0.2) is 17.1 Å². The van der Waals surface area contributed by atoms with Crippen molar-refractivity contribution in [1.82, 2.24) is 9.55 Å². The normalized spacial score (nSPS) is 11.7. The third-order valence-electron chi connectivity index (χ3n) is 3.18. The molecule has 0 aliphatic carbocycles. The lowest BCUT2D eigenvalue weighted by atomic mass is 10.1. The van der Waals surface area contributed by atoms with Crippen molar-refractivity contribution in [3.05, 3.63) is 41.6 Å². The Kier molecular flexibility index (Phi) is 4.84. The van der Waals surface area contributed by atoms with Crippen LogP contribution in [0.2, 0.25) is 0 Å². The van der Waals surface area contributed by atoms with Gasteiger partial charge in [0.05, 0.1) is 5.69 Å². The summed E-state index contributed by atoms with van der Waals surface area (Å²) in [4.78, 5) is 15.2. The molecule has 2 rings (SSSR count). The van der Waals surface area contributed by atoms with Gasteiger partial charge in [0, 0.05) is 12.6 Å². The molecule has 6 nitrogen and oxygen atoms in total. The van der Waals surface area contributed by atoms with E-state index in [4.69, 9.17) is 4.18 Å². The number of hydrogen-bond acceptors (Lipinski definition) is 5. The van der Waals surface area contributed by atoms with Crippen LogP contribution in [0.1, 0.15) is 43.0 Å². The Hall–Kier alpha value is -2.22. The first-order valence-electron chi connectivity index (χ1n) is 7.05. The smallest absolute Gasteiger partial charge is 0.357 e. The SMILES string of the molecule is CCn1c(C=O)nc(C(C)C)c1S(=O)(=O)Oc1cccc(F)c1. The summed E-state index contributed by atoms with van der Waals surface area (Å²) in [7, 11) is -4.26. The van der Waals surface area contributed by atoms with Gasteiger partial charge in [-0.15, -0.1) is 0 Å². The van der Waals surface area contributed by atoms with Gasteiger partial charge < -0.3 is 8.75 Å². The van der Waals surface area contributed by atoms with E-state index in [9.17, 15) is 17.6 Å². The molecule has 2 aromatic rings. The lowest BCUT2D eigenvalue weighted by Crippen LogP contribution is -2.18. The summed E-state index contributed by atoms with van der Waals surface area (Å²) >= 11 is 0. The quantitative estimate of drug-likeness (QED) is 0.597. The summed E-state index contributed by atoms with van der Waals surface area (Å²) in [6.07, 6.45) is 0.497. The molecule has 1 aromatic carbocycles. The first-order valence-corrected chi connectivity index (χ1v) is 8.46. The third kappa shape index (κ3) is 3.42. The number of imidazole rings is 1. The van der Waals surface area contributed by atoms with Crippen LogP contribution in [-0.2, 0) is 16.7 Å². The lowest BCUT2D eigenvalue weighted by molar-refractivity contribution is 0.111. The Balaban J connectivity index is 2.58. The second-order valence-electron chi connectivity index (χ2n) is 5.17. The zero-order valence-corrected chi connectivity index (χ0v) is 13.8. The number of aldehydes is 1. The molecule has 0 radical (unpaired) electrons. The van der Waals surface area contributed by atoms with E-state index in [1.165, 1.54) is 22.8 Å². The van der Waals surface area contributed by atoms with Crippen LogP contribution in [0.3, 0.4) is 0 Å². The van der Waals surface area contributed by atoms with Crippen molar-refractivity contribution in [3.8, 4) is 5.75 Å². The van der Waals surface area contributed by atoms with Gasteiger partial charge >= 0.3 is 10.1 Å². The summed E-state index contributed by atoms with van der Waals surface area (Å²) in [5.41, 5.74) is 0.241. The average molecular weight is 340 g/mol. The molecule has 124 valence electrons. The van der Waals surface area contributed by atoms with Crippen molar-refractivity contribution in [1.29, 1.82) is 0 Å². The molecule has 0 saturated carbocycles. The maximum Gasteiger partial charge on any atom is 0.357 e. The van der Waals surface area contributed by atoms with Gasteiger partial charge in [0.2, 0.25) is 0 Å². The predicted molar refractivity (Wildman–Crippen MR) is 81.6 cm³/mol. The van der Waals surface area contributed by atoms with E-state index >= 15 is 0 Å². The van der Waals surface area contributed by atoms with Gasteiger partial charge in [-0.1, -0.05) is 19.9 Å². The largest absolute Gasteiger partial charge is 0.378 e. The Morgan fingerprint density at radius 3 is 2.61 bits per heavy atom. The molecule has 0 unspecified atom stereocenters. The van der Waals surface area contributed by atoms with Crippen molar-refractivity contribution in [3.63, 3.8) is 0 Å². The molecular formula is C15H17FN2O4S. The Morgan fingerprint density at radius 2 is 2.09 bits per heavy atom. The molecule has 8 heteroatoms. The predicted octanol–water partition coefficient (Wildman–Crippen LogP) is 2.75. The van der Waals surface area contributed by atoms with E-state index in [0.29, 0.717) is 6.29 Å². The maximum atomic E-state index is 13.2. The highest BCUT2D eigenvalue weighted by Gasteiger charge is 2.30. The minimum Gasteiger partial charge on any atom is -0.378 e. The summed E-state index contributed by atoms with van der Waals surface area (Å²) in [5, 5.41) is -0.179. The van der Waals surface area contributed by atoms with Gasteiger partial charge in [-0.2, -0.15) is 8.42 Å². The van der Waals surface area contributed by atoms with Crippen LogP contribution >= 0.6 is 0 Å². The summed E-state index contributed by atoms with van der Waals surface area (Å²) in [5.74, 6) is -0.976. The molecule has 0 saturated heterocycles. The van der Waals surface area contributed by atoms with E-state index in [1.54, 1.807) is 20.8 Å². The number of carbonyl (C=O) groups excluding carboxylic acids is 1. The summed E-state index contributed by atoms with van der Waals surface area (Å²) in [6, 6.07) is 4.83. The first kappa shape index (κ1) is 17.1. The highest BCUT2D eigenvalue weighted by Crippen LogP contribution is 2.27. The highest BCUT2D eigenvalue weighted by atomic mass is 32.2. The van der Waals surface area contributed by atoms with Crippen LogP contribution in [0.4, 0.5) is 4.39 Å². The maximum absolute atomic E-state index is 13.2. The van der Waals surface area contributed by atoms with E-state index in [0.717, 1.165) is 6.07 Å². The van der Waals surface area contributed by atoms with Crippen molar-refractivity contribution in [2.75, 3.05) is 0 Å². The Bertz CT molecular complexity index is 828. The molecule has 0 atom stereocenters. The molecule has 0 fully saturated rings. The molecule has 1 aromatic heterocycles. The van der Waals surface area contributed by atoms with Gasteiger partial charge in [-0.3, -0.25) is 4.79 Å². The zero-order chi connectivity index (χ0) is 17.2. The van der Waals surface area contributed by atoms with Crippen LogP contribution in [0.15, 0.2) is 29.3 Å². The standard InChI is InChI=1S/C15H17FN2O4S/c1-4-18-13(9-19)17-14(10(2)3)15(18)23(20,21)22-12-7-5-6-11(16)8-12/h5-10H,4H2,1-3H3. The zero-order valence-electron chi connectivity index (χ0n) is 13.0. The fraction of sp³-hybridized carbons (Fsp3) is 0.333. The average Bonchev–Trinajstić information content (AvgIpc) is 2.86. The van der Waals surface area contributed by atoms with Crippen LogP contribution in [0, 0.1) is 5.82 Å². The van der Waals surface area contributed by atoms with Crippen LogP contribution in [-0.4, -0.2) is 24.3 Å². The molecule has 0 N–H and O–H groups in total. The number of hydrogen-bond donors (Lipinski definition) is 0. The fourth-order valence-corrected chi connectivity index (χ4v) is 3.66. The molecule has 0 spiro atoms. The molecular weight excluding hydrogens is 323 g/mol. The van der Waals surface area contributed by atoms with Crippen molar-refractivity contribution < 1.29 is 21.8 Å². The number of nitrogens with zero attached hydrogens (tertiary/aromatic N) is 2. The lowest BCUT2D eigenvalue weighted by Gasteiger charge is -2.12. The third-order valence-corrected chi connectivity index (χ3v) is 4.50. The van der Waals surface area contributed by atoms with Gasteiger partial charge in [0.25, 0.3) is 0 Å². The summed E-state index contributed by atoms with van der Waals surface area (Å²) < 4.78 is 44.8. The molecule has 1 heterocycles. The second kappa shape index (κ2) is 6.49.